The Hall–Kier alpha value is -1.99. The normalized spacial score (nSPS) is 25.6. The second kappa shape index (κ2) is 6.64. The van der Waals surface area contributed by atoms with Crippen molar-refractivity contribution in [3.8, 4) is 0 Å². The first-order valence-electron chi connectivity index (χ1n) is 7.12. The number of hydrogen-bond acceptors (Lipinski definition) is 4. The van der Waals surface area contributed by atoms with Crippen LogP contribution in [-0.4, -0.2) is 72.3 Å². The van der Waals surface area contributed by atoms with E-state index in [-0.39, 0.29) is 18.6 Å². The minimum atomic E-state index is -0.848. The SMILES string of the molecule is COC(=O)NC1CCN(C(=O)N2CCC[C@H](C(=O)O)C2)C1. The molecule has 0 bridgehead atoms. The minimum absolute atomic E-state index is 0.110. The monoisotopic (exact) mass is 299 g/mol. The lowest BCUT2D eigenvalue weighted by Gasteiger charge is -2.33. The lowest BCUT2D eigenvalue weighted by Crippen LogP contribution is -2.49. The second-order valence-electron chi connectivity index (χ2n) is 5.47. The van der Waals surface area contributed by atoms with Gasteiger partial charge < -0.3 is 25.0 Å². The Balaban J connectivity index is 1.86. The van der Waals surface area contributed by atoms with E-state index in [1.165, 1.54) is 7.11 Å². The number of alkyl carbamates (subject to hydrolysis) is 1. The van der Waals surface area contributed by atoms with Gasteiger partial charge in [-0.2, -0.15) is 0 Å². The predicted molar refractivity (Wildman–Crippen MR) is 72.8 cm³/mol. The number of carbonyl (C=O) groups is 3. The zero-order valence-corrected chi connectivity index (χ0v) is 12.1. The van der Waals surface area contributed by atoms with Crippen molar-refractivity contribution in [3.63, 3.8) is 0 Å². The zero-order valence-electron chi connectivity index (χ0n) is 12.1. The number of nitrogens with one attached hydrogen (secondary N) is 1. The van der Waals surface area contributed by atoms with Crippen LogP contribution in [0.1, 0.15) is 19.3 Å². The number of carboxylic acid groups (broad SMARTS) is 1. The van der Waals surface area contributed by atoms with Crippen molar-refractivity contribution < 1.29 is 24.2 Å². The molecular weight excluding hydrogens is 278 g/mol. The van der Waals surface area contributed by atoms with E-state index in [1.54, 1.807) is 9.80 Å². The van der Waals surface area contributed by atoms with Crippen LogP contribution >= 0.6 is 0 Å². The number of methoxy groups -OCH3 is 1. The van der Waals surface area contributed by atoms with E-state index < -0.39 is 18.0 Å². The van der Waals surface area contributed by atoms with Gasteiger partial charge in [-0.1, -0.05) is 0 Å². The van der Waals surface area contributed by atoms with Crippen LogP contribution in [0.25, 0.3) is 0 Å². The number of likely N-dealkylation sites (tertiary alicyclic amines) is 2. The van der Waals surface area contributed by atoms with E-state index in [4.69, 9.17) is 5.11 Å². The predicted octanol–water partition coefficient (Wildman–Crippen LogP) is 0.333. The topological polar surface area (TPSA) is 99.2 Å². The fourth-order valence-corrected chi connectivity index (χ4v) is 2.83. The van der Waals surface area contributed by atoms with Gasteiger partial charge in [0.15, 0.2) is 0 Å². The zero-order chi connectivity index (χ0) is 15.4. The molecule has 2 fully saturated rings. The Morgan fingerprint density at radius 3 is 2.52 bits per heavy atom. The summed E-state index contributed by atoms with van der Waals surface area (Å²) in [6, 6.07) is -0.253. The van der Waals surface area contributed by atoms with E-state index in [0.717, 1.165) is 0 Å². The molecule has 2 aliphatic rings. The van der Waals surface area contributed by atoms with E-state index in [9.17, 15) is 14.4 Å². The summed E-state index contributed by atoms with van der Waals surface area (Å²) in [6.45, 7) is 1.85. The molecule has 0 aromatic heterocycles. The Labute approximate surface area is 123 Å². The van der Waals surface area contributed by atoms with Gasteiger partial charge in [0.2, 0.25) is 0 Å². The maximum Gasteiger partial charge on any atom is 0.407 e. The summed E-state index contributed by atoms with van der Waals surface area (Å²) in [5, 5.41) is 11.7. The third-order valence-electron chi connectivity index (χ3n) is 4.01. The summed E-state index contributed by atoms with van der Waals surface area (Å²) in [4.78, 5) is 37.8. The molecule has 118 valence electrons. The molecule has 0 aromatic carbocycles. The van der Waals surface area contributed by atoms with E-state index in [1.807, 2.05) is 0 Å². The van der Waals surface area contributed by atoms with Crippen molar-refractivity contribution in [3.05, 3.63) is 0 Å². The van der Waals surface area contributed by atoms with Gasteiger partial charge in [-0.3, -0.25) is 4.79 Å². The number of urea groups is 1. The minimum Gasteiger partial charge on any atom is -0.481 e. The molecule has 0 aliphatic carbocycles. The van der Waals surface area contributed by atoms with Gasteiger partial charge in [0.05, 0.1) is 19.1 Å². The fourth-order valence-electron chi connectivity index (χ4n) is 2.83. The van der Waals surface area contributed by atoms with Gasteiger partial charge in [0.25, 0.3) is 0 Å². The van der Waals surface area contributed by atoms with Gasteiger partial charge in [0.1, 0.15) is 0 Å². The molecule has 0 radical (unpaired) electrons. The fraction of sp³-hybridized carbons (Fsp3) is 0.769. The van der Waals surface area contributed by atoms with Gasteiger partial charge in [-0.05, 0) is 19.3 Å². The molecule has 2 rings (SSSR count). The molecule has 2 atom stereocenters. The Morgan fingerprint density at radius 1 is 1.14 bits per heavy atom. The van der Waals surface area contributed by atoms with Crippen LogP contribution in [0.15, 0.2) is 0 Å². The third kappa shape index (κ3) is 3.77. The average Bonchev–Trinajstić information content (AvgIpc) is 2.94. The average molecular weight is 299 g/mol. The highest BCUT2D eigenvalue weighted by Crippen LogP contribution is 2.20. The molecule has 21 heavy (non-hydrogen) atoms. The number of amides is 3. The quantitative estimate of drug-likeness (QED) is 0.765. The summed E-state index contributed by atoms with van der Waals surface area (Å²) in [6.07, 6.45) is 1.50. The molecule has 2 heterocycles. The molecule has 0 saturated carbocycles. The Morgan fingerprint density at radius 2 is 1.86 bits per heavy atom. The van der Waals surface area contributed by atoms with Gasteiger partial charge in [-0.25, -0.2) is 9.59 Å². The molecule has 0 aromatic rings. The highest BCUT2D eigenvalue weighted by atomic mass is 16.5. The molecule has 2 aliphatic heterocycles. The van der Waals surface area contributed by atoms with Crippen molar-refractivity contribution in [2.45, 2.75) is 25.3 Å². The lowest BCUT2D eigenvalue weighted by atomic mass is 9.99. The summed E-state index contributed by atoms with van der Waals surface area (Å²) < 4.78 is 4.54. The molecule has 3 amide bonds. The van der Waals surface area contributed by atoms with Crippen LogP contribution in [-0.2, 0) is 9.53 Å². The Bertz CT molecular complexity index is 428. The standard InChI is InChI=1S/C13H21N3O5/c1-21-12(19)14-10-4-6-16(8-10)13(20)15-5-2-3-9(7-15)11(17)18/h9-10H,2-8H2,1H3,(H,14,19)(H,17,18)/t9-,10?/m0/s1. The molecule has 2 saturated heterocycles. The number of aliphatic carboxylic acids is 1. The molecule has 0 spiro atoms. The van der Waals surface area contributed by atoms with Crippen molar-refractivity contribution in [2.24, 2.45) is 5.92 Å². The van der Waals surface area contributed by atoms with Gasteiger partial charge in [0, 0.05) is 26.2 Å². The van der Waals surface area contributed by atoms with Crippen LogP contribution in [0.2, 0.25) is 0 Å². The van der Waals surface area contributed by atoms with Gasteiger partial charge in [-0.15, -0.1) is 0 Å². The summed E-state index contributed by atoms with van der Waals surface area (Å²) in [5.74, 6) is -1.33. The van der Waals surface area contributed by atoms with Crippen molar-refractivity contribution in [2.75, 3.05) is 33.3 Å². The molecular formula is C13H21N3O5. The van der Waals surface area contributed by atoms with Crippen LogP contribution in [0, 0.1) is 5.92 Å². The number of rotatable bonds is 2. The van der Waals surface area contributed by atoms with E-state index in [0.29, 0.717) is 38.9 Å². The largest absolute Gasteiger partial charge is 0.481 e. The van der Waals surface area contributed by atoms with Gasteiger partial charge >= 0.3 is 18.1 Å². The first kappa shape index (κ1) is 15.4. The first-order chi connectivity index (χ1) is 10.0. The Kier molecular flexibility index (Phi) is 4.87. The highest BCUT2D eigenvalue weighted by Gasteiger charge is 2.34. The number of nitrogens with zero attached hydrogens (tertiary/aromatic N) is 2. The van der Waals surface area contributed by atoms with E-state index >= 15 is 0 Å². The maximum atomic E-state index is 12.4. The van der Waals surface area contributed by atoms with Crippen LogP contribution in [0.5, 0.6) is 0 Å². The van der Waals surface area contributed by atoms with Crippen molar-refractivity contribution in [1.82, 2.24) is 15.1 Å². The molecule has 8 heteroatoms. The highest BCUT2D eigenvalue weighted by molar-refractivity contribution is 5.77. The third-order valence-corrected chi connectivity index (χ3v) is 4.01. The molecule has 1 unspecified atom stereocenters. The number of hydrogen-bond donors (Lipinski definition) is 2. The molecule has 8 nitrogen and oxygen atoms in total. The van der Waals surface area contributed by atoms with Crippen LogP contribution in [0.3, 0.4) is 0 Å². The lowest BCUT2D eigenvalue weighted by molar-refractivity contribution is -0.143. The maximum absolute atomic E-state index is 12.4. The number of carbonyl (C=O) groups excluding carboxylic acids is 2. The van der Waals surface area contributed by atoms with Crippen molar-refractivity contribution in [1.29, 1.82) is 0 Å². The number of piperidine rings is 1. The summed E-state index contributed by atoms with van der Waals surface area (Å²) in [7, 11) is 1.30. The number of ether oxygens (including phenoxy) is 1. The summed E-state index contributed by atoms with van der Waals surface area (Å²) in [5.41, 5.74) is 0. The van der Waals surface area contributed by atoms with Crippen molar-refractivity contribution >= 4 is 18.1 Å². The first-order valence-corrected chi connectivity index (χ1v) is 7.12. The van der Waals surface area contributed by atoms with Crippen LogP contribution < -0.4 is 5.32 Å². The summed E-state index contributed by atoms with van der Waals surface area (Å²) >= 11 is 0. The smallest absolute Gasteiger partial charge is 0.407 e. The molecule has 2 N–H and O–H groups in total. The van der Waals surface area contributed by atoms with Crippen LogP contribution in [0.4, 0.5) is 9.59 Å². The number of carboxylic acids is 1. The second-order valence-corrected chi connectivity index (χ2v) is 5.47. The van der Waals surface area contributed by atoms with E-state index in [2.05, 4.69) is 10.1 Å².